The molecule has 0 N–H and O–H groups in total. The van der Waals surface area contributed by atoms with Crippen LogP contribution in [-0.2, 0) is 20.7 Å². The number of Topliss-reactive ketones (excluding diaryl/α,β-unsaturated/α-hetero) is 1. The van der Waals surface area contributed by atoms with Gasteiger partial charge >= 0.3 is 5.97 Å². The molecule has 2 amide bonds. The van der Waals surface area contributed by atoms with Crippen LogP contribution in [0.4, 0.5) is 0 Å². The predicted octanol–water partition coefficient (Wildman–Crippen LogP) is 3.05. The fraction of sp³-hybridized carbons (Fsp3) is 0.304. The van der Waals surface area contributed by atoms with Gasteiger partial charge in [-0.05, 0) is 17.7 Å². The minimum absolute atomic E-state index is 0.106. The van der Waals surface area contributed by atoms with Gasteiger partial charge in [0.1, 0.15) is 6.04 Å². The molecule has 1 aliphatic heterocycles. The van der Waals surface area contributed by atoms with Gasteiger partial charge in [-0.1, -0.05) is 63.2 Å². The summed E-state index contributed by atoms with van der Waals surface area (Å²) >= 11 is 0. The molecule has 2 aromatic rings. The second kappa shape index (κ2) is 7.99. The Morgan fingerprint density at radius 3 is 1.93 bits per heavy atom. The standard InChI is InChI=1S/C23H23NO5/c1-23(2,3)19(25)14-29-22(28)18(13-15-9-5-4-6-10-15)24-20(26)16-11-7-8-12-17(16)21(24)27/h4-12,18H,13-14H2,1-3H3/t18-/m0/s1. The number of carbonyl (C=O) groups is 4. The second-order valence-electron chi connectivity index (χ2n) is 8.01. The van der Waals surface area contributed by atoms with Crippen molar-refractivity contribution in [2.75, 3.05) is 6.61 Å². The number of fused-ring (bicyclic) bond motifs is 1. The number of imide groups is 1. The van der Waals surface area contributed by atoms with Crippen LogP contribution in [0, 0.1) is 5.41 Å². The number of hydrogen-bond donors (Lipinski definition) is 0. The molecule has 1 atom stereocenters. The number of ketones is 1. The van der Waals surface area contributed by atoms with E-state index in [-0.39, 0.29) is 23.3 Å². The third-order valence-corrected chi connectivity index (χ3v) is 4.86. The highest BCUT2D eigenvalue weighted by atomic mass is 16.5. The summed E-state index contributed by atoms with van der Waals surface area (Å²) in [5.41, 5.74) is 0.626. The SMILES string of the molecule is CC(C)(C)C(=O)COC(=O)[C@H](Cc1ccccc1)N1C(=O)c2ccccc2C1=O. The second-order valence-corrected chi connectivity index (χ2v) is 8.01. The molecule has 0 saturated heterocycles. The Morgan fingerprint density at radius 2 is 1.41 bits per heavy atom. The smallest absolute Gasteiger partial charge is 0.330 e. The summed E-state index contributed by atoms with van der Waals surface area (Å²) in [5.74, 6) is -2.09. The Kier molecular flexibility index (Phi) is 5.64. The molecule has 0 aromatic heterocycles. The largest absolute Gasteiger partial charge is 0.456 e. The highest BCUT2D eigenvalue weighted by Crippen LogP contribution is 2.26. The zero-order chi connectivity index (χ0) is 21.2. The van der Waals surface area contributed by atoms with Gasteiger partial charge in [-0.15, -0.1) is 0 Å². The van der Waals surface area contributed by atoms with Gasteiger partial charge in [0.15, 0.2) is 12.4 Å². The molecule has 1 heterocycles. The van der Waals surface area contributed by atoms with Crippen LogP contribution in [0.25, 0.3) is 0 Å². The number of amides is 2. The van der Waals surface area contributed by atoms with Crippen molar-refractivity contribution in [3.8, 4) is 0 Å². The average Bonchev–Trinajstić information content (AvgIpc) is 2.95. The van der Waals surface area contributed by atoms with E-state index in [0.717, 1.165) is 10.5 Å². The van der Waals surface area contributed by atoms with Crippen LogP contribution in [-0.4, -0.2) is 41.1 Å². The molecule has 1 aliphatic rings. The number of ether oxygens (including phenoxy) is 1. The van der Waals surface area contributed by atoms with Gasteiger partial charge in [0.05, 0.1) is 11.1 Å². The van der Waals surface area contributed by atoms with Gasteiger partial charge in [0, 0.05) is 11.8 Å². The lowest BCUT2D eigenvalue weighted by atomic mass is 9.91. The maximum absolute atomic E-state index is 12.9. The third-order valence-electron chi connectivity index (χ3n) is 4.86. The number of carbonyl (C=O) groups excluding carboxylic acids is 4. The molecular weight excluding hydrogens is 370 g/mol. The minimum atomic E-state index is -1.16. The van der Waals surface area contributed by atoms with Crippen LogP contribution in [0.3, 0.4) is 0 Å². The van der Waals surface area contributed by atoms with E-state index in [0.29, 0.717) is 0 Å². The third kappa shape index (κ3) is 4.26. The van der Waals surface area contributed by atoms with Crippen molar-refractivity contribution >= 4 is 23.6 Å². The summed E-state index contributed by atoms with van der Waals surface area (Å²) in [4.78, 5) is 51.7. The normalized spacial score (nSPS) is 14.5. The number of benzene rings is 2. The Morgan fingerprint density at radius 1 is 0.897 bits per heavy atom. The van der Waals surface area contributed by atoms with Crippen molar-refractivity contribution in [2.45, 2.75) is 33.2 Å². The lowest BCUT2D eigenvalue weighted by Gasteiger charge is -2.25. The van der Waals surface area contributed by atoms with Crippen molar-refractivity contribution in [3.05, 3.63) is 71.3 Å². The van der Waals surface area contributed by atoms with Crippen molar-refractivity contribution < 1.29 is 23.9 Å². The lowest BCUT2D eigenvalue weighted by Crippen LogP contribution is -2.47. The Bertz CT molecular complexity index is 924. The maximum atomic E-state index is 12.9. The van der Waals surface area contributed by atoms with Gasteiger partial charge in [-0.2, -0.15) is 0 Å². The maximum Gasteiger partial charge on any atom is 0.330 e. The van der Waals surface area contributed by atoms with E-state index in [1.54, 1.807) is 57.2 Å². The van der Waals surface area contributed by atoms with E-state index in [4.69, 9.17) is 4.74 Å². The summed E-state index contributed by atoms with van der Waals surface area (Å²) in [6.45, 7) is 4.79. The zero-order valence-corrected chi connectivity index (χ0v) is 16.7. The predicted molar refractivity (Wildman–Crippen MR) is 106 cm³/mol. The molecular formula is C23H23NO5. The van der Waals surface area contributed by atoms with E-state index in [2.05, 4.69) is 0 Å². The van der Waals surface area contributed by atoms with Crippen molar-refractivity contribution in [2.24, 2.45) is 5.41 Å². The molecule has 6 nitrogen and oxygen atoms in total. The zero-order valence-electron chi connectivity index (χ0n) is 16.7. The number of nitrogens with zero attached hydrogens (tertiary/aromatic N) is 1. The first-order valence-electron chi connectivity index (χ1n) is 9.41. The van der Waals surface area contributed by atoms with Crippen LogP contribution < -0.4 is 0 Å². The van der Waals surface area contributed by atoms with E-state index in [9.17, 15) is 19.2 Å². The Balaban J connectivity index is 1.88. The van der Waals surface area contributed by atoms with Crippen LogP contribution in [0.1, 0.15) is 47.1 Å². The van der Waals surface area contributed by atoms with Gasteiger partial charge < -0.3 is 4.74 Å². The number of hydrogen-bond acceptors (Lipinski definition) is 5. The average molecular weight is 393 g/mol. The number of rotatable bonds is 6. The quantitative estimate of drug-likeness (QED) is 0.557. The van der Waals surface area contributed by atoms with E-state index < -0.39 is 35.8 Å². The fourth-order valence-electron chi connectivity index (χ4n) is 3.06. The minimum Gasteiger partial charge on any atom is -0.456 e. The van der Waals surface area contributed by atoms with E-state index >= 15 is 0 Å². The summed E-state index contributed by atoms with van der Waals surface area (Å²) < 4.78 is 5.24. The van der Waals surface area contributed by atoms with E-state index in [1.807, 2.05) is 18.2 Å². The van der Waals surface area contributed by atoms with Crippen molar-refractivity contribution in [1.29, 1.82) is 0 Å². The molecule has 6 heteroatoms. The molecule has 3 rings (SSSR count). The Labute approximate surface area is 169 Å². The van der Waals surface area contributed by atoms with Gasteiger partial charge in [-0.25, -0.2) is 4.79 Å². The molecule has 0 aliphatic carbocycles. The van der Waals surface area contributed by atoms with Gasteiger partial charge in [0.25, 0.3) is 11.8 Å². The molecule has 0 bridgehead atoms. The van der Waals surface area contributed by atoms with Crippen LogP contribution in [0.5, 0.6) is 0 Å². The van der Waals surface area contributed by atoms with Crippen LogP contribution >= 0.6 is 0 Å². The molecule has 0 radical (unpaired) electrons. The molecule has 0 spiro atoms. The van der Waals surface area contributed by atoms with Gasteiger partial charge in [0.2, 0.25) is 0 Å². The summed E-state index contributed by atoms with van der Waals surface area (Å²) in [7, 11) is 0. The highest BCUT2D eigenvalue weighted by molar-refractivity contribution is 6.22. The van der Waals surface area contributed by atoms with Crippen LogP contribution in [0.15, 0.2) is 54.6 Å². The molecule has 29 heavy (non-hydrogen) atoms. The van der Waals surface area contributed by atoms with Crippen molar-refractivity contribution in [1.82, 2.24) is 4.90 Å². The molecule has 2 aromatic carbocycles. The lowest BCUT2D eigenvalue weighted by molar-refractivity contribution is -0.153. The molecule has 0 saturated carbocycles. The number of esters is 1. The van der Waals surface area contributed by atoms with Crippen LogP contribution in [0.2, 0.25) is 0 Å². The fourth-order valence-corrected chi connectivity index (χ4v) is 3.06. The Hall–Kier alpha value is -3.28. The first-order chi connectivity index (χ1) is 13.7. The first kappa shape index (κ1) is 20.5. The summed E-state index contributed by atoms with van der Waals surface area (Å²) in [6.07, 6.45) is 0.106. The van der Waals surface area contributed by atoms with Crippen molar-refractivity contribution in [3.63, 3.8) is 0 Å². The first-order valence-corrected chi connectivity index (χ1v) is 9.41. The highest BCUT2D eigenvalue weighted by Gasteiger charge is 2.43. The monoisotopic (exact) mass is 393 g/mol. The summed E-state index contributed by atoms with van der Waals surface area (Å²) in [6, 6.07) is 14.4. The molecule has 150 valence electrons. The summed E-state index contributed by atoms with van der Waals surface area (Å²) in [5, 5.41) is 0. The van der Waals surface area contributed by atoms with E-state index in [1.165, 1.54) is 0 Å². The van der Waals surface area contributed by atoms with Gasteiger partial charge in [-0.3, -0.25) is 19.3 Å². The molecule has 0 unspecified atom stereocenters. The topological polar surface area (TPSA) is 80.8 Å². The molecule has 0 fully saturated rings.